The predicted octanol–water partition coefficient (Wildman–Crippen LogP) is 3.63. The van der Waals surface area contributed by atoms with Gasteiger partial charge in [-0.25, -0.2) is 15.0 Å². The first-order valence-corrected chi connectivity index (χ1v) is 9.81. The van der Waals surface area contributed by atoms with Crippen molar-refractivity contribution in [3.63, 3.8) is 0 Å². The molecule has 6 heteroatoms. The fourth-order valence-electron chi connectivity index (χ4n) is 3.42. The van der Waals surface area contributed by atoms with Crippen LogP contribution in [0.1, 0.15) is 54.2 Å². The molecule has 144 valence electrons. The van der Waals surface area contributed by atoms with E-state index in [1.165, 1.54) is 18.4 Å². The molecule has 0 N–H and O–H groups in total. The minimum absolute atomic E-state index is 0.598. The maximum absolute atomic E-state index is 10.8. The van der Waals surface area contributed by atoms with Crippen LogP contribution in [0.4, 0.5) is 5.95 Å². The van der Waals surface area contributed by atoms with Gasteiger partial charge in [0.25, 0.3) is 0 Å². The third kappa shape index (κ3) is 5.25. The zero-order valence-electron chi connectivity index (χ0n) is 16.2. The average Bonchev–Trinajstić information content (AvgIpc) is 2.72. The molecule has 0 radical (unpaired) electrons. The molecule has 0 unspecified atom stereocenters. The van der Waals surface area contributed by atoms with E-state index in [4.69, 9.17) is 4.74 Å². The molecule has 0 spiro atoms. The number of pyridine rings is 1. The first kappa shape index (κ1) is 19.3. The van der Waals surface area contributed by atoms with Gasteiger partial charge in [0.15, 0.2) is 6.29 Å². The fourth-order valence-corrected chi connectivity index (χ4v) is 3.42. The van der Waals surface area contributed by atoms with Crippen LogP contribution >= 0.6 is 0 Å². The minimum atomic E-state index is 0.598. The monoisotopic (exact) mass is 368 g/mol. The molecular formula is C21H28N4O2. The lowest BCUT2D eigenvalue weighted by atomic mass is 9.92. The Balaban J connectivity index is 1.37. The van der Waals surface area contributed by atoms with E-state index >= 15 is 0 Å². The van der Waals surface area contributed by atoms with E-state index in [1.54, 1.807) is 12.1 Å². The summed E-state index contributed by atoms with van der Waals surface area (Å²) in [5, 5.41) is 0. The number of piperidine rings is 1. The predicted molar refractivity (Wildman–Crippen MR) is 105 cm³/mol. The number of nitrogens with zero attached hydrogens (tertiary/aromatic N) is 4. The summed E-state index contributed by atoms with van der Waals surface area (Å²) < 4.78 is 5.73. The number of ether oxygens (including phenoxy) is 1. The number of carbonyl (C=O) groups excluding carboxylic acids is 1. The van der Waals surface area contributed by atoms with Gasteiger partial charge in [-0.2, -0.15) is 0 Å². The normalized spacial score (nSPS) is 15.0. The van der Waals surface area contributed by atoms with E-state index in [0.29, 0.717) is 23.7 Å². The topological polar surface area (TPSA) is 68.2 Å². The lowest BCUT2D eigenvalue weighted by Gasteiger charge is -2.32. The molecule has 1 fully saturated rings. The highest BCUT2D eigenvalue weighted by Gasteiger charge is 2.20. The Morgan fingerprint density at radius 2 is 1.96 bits per heavy atom. The maximum Gasteiger partial charge on any atom is 0.225 e. The van der Waals surface area contributed by atoms with Crippen molar-refractivity contribution in [2.24, 2.45) is 5.92 Å². The zero-order chi connectivity index (χ0) is 19.1. The van der Waals surface area contributed by atoms with Gasteiger partial charge in [0, 0.05) is 37.1 Å². The molecule has 1 aliphatic rings. The van der Waals surface area contributed by atoms with Gasteiger partial charge in [-0.05, 0) is 56.6 Å². The molecule has 1 aliphatic heterocycles. The number of anilines is 1. The molecule has 0 bridgehead atoms. The molecule has 3 heterocycles. The van der Waals surface area contributed by atoms with Gasteiger partial charge < -0.3 is 9.64 Å². The molecule has 1 saturated heterocycles. The fraction of sp³-hybridized carbons (Fsp3) is 0.524. The third-order valence-corrected chi connectivity index (χ3v) is 5.23. The van der Waals surface area contributed by atoms with Gasteiger partial charge in [0.05, 0.1) is 12.3 Å². The van der Waals surface area contributed by atoms with Crippen LogP contribution in [-0.4, -0.2) is 40.9 Å². The molecular weight excluding hydrogens is 340 g/mol. The summed E-state index contributed by atoms with van der Waals surface area (Å²) in [7, 11) is 0. The Kier molecular flexibility index (Phi) is 6.74. The van der Waals surface area contributed by atoms with Gasteiger partial charge in [-0.1, -0.05) is 6.92 Å². The summed E-state index contributed by atoms with van der Waals surface area (Å²) in [6.45, 7) is 6.64. The first-order chi connectivity index (χ1) is 13.2. The molecule has 0 aliphatic carbocycles. The second kappa shape index (κ2) is 9.44. The van der Waals surface area contributed by atoms with Crippen molar-refractivity contribution in [3.05, 3.63) is 41.3 Å². The highest BCUT2D eigenvalue weighted by atomic mass is 16.5. The zero-order valence-corrected chi connectivity index (χ0v) is 16.2. The lowest BCUT2D eigenvalue weighted by molar-refractivity contribution is 0.112. The van der Waals surface area contributed by atoms with E-state index in [0.717, 1.165) is 50.5 Å². The van der Waals surface area contributed by atoms with E-state index in [1.807, 2.05) is 19.3 Å². The third-order valence-electron chi connectivity index (χ3n) is 5.23. The summed E-state index contributed by atoms with van der Waals surface area (Å²) in [6, 6.07) is 3.52. The largest absolute Gasteiger partial charge is 0.478 e. The van der Waals surface area contributed by atoms with Gasteiger partial charge in [0.2, 0.25) is 11.8 Å². The van der Waals surface area contributed by atoms with Crippen LogP contribution < -0.4 is 9.64 Å². The molecule has 2 aromatic heterocycles. The molecule has 6 nitrogen and oxygen atoms in total. The van der Waals surface area contributed by atoms with Crippen LogP contribution in [0, 0.1) is 12.8 Å². The van der Waals surface area contributed by atoms with Crippen LogP contribution in [0.15, 0.2) is 24.5 Å². The number of rotatable bonds is 8. The van der Waals surface area contributed by atoms with Crippen molar-refractivity contribution < 1.29 is 9.53 Å². The van der Waals surface area contributed by atoms with Crippen molar-refractivity contribution in [1.82, 2.24) is 15.0 Å². The second-order valence-electron chi connectivity index (χ2n) is 7.11. The van der Waals surface area contributed by atoms with Crippen LogP contribution in [0.3, 0.4) is 0 Å². The van der Waals surface area contributed by atoms with Gasteiger partial charge in [0.1, 0.15) is 0 Å². The number of aromatic nitrogens is 3. The number of aryl methyl sites for hydroxylation is 2. The van der Waals surface area contributed by atoms with Crippen molar-refractivity contribution in [2.75, 3.05) is 24.6 Å². The minimum Gasteiger partial charge on any atom is -0.478 e. The highest BCUT2D eigenvalue weighted by molar-refractivity contribution is 5.76. The molecule has 0 amide bonds. The average molecular weight is 368 g/mol. The van der Waals surface area contributed by atoms with Gasteiger partial charge >= 0.3 is 0 Å². The van der Waals surface area contributed by atoms with Crippen LogP contribution in [0.25, 0.3) is 0 Å². The summed E-state index contributed by atoms with van der Waals surface area (Å²) >= 11 is 0. The number of hydrogen-bond donors (Lipinski definition) is 0. The summed E-state index contributed by atoms with van der Waals surface area (Å²) in [4.78, 5) is 26.4. The maximum atomic E-state index is 10.8. The summed E-state index contributed by atoms with van der Waals surface area (Å²) in [5.41, 5.74) is 2.51. The Morgan fingerprint density at radius 1 is 1.22 bits per heavy atom. The van der Waals surface area contributed by atoms with Crippen molar-refractivity contribution in [3.8, 4) is 5.88 Å². The summed E-state index contributed by atoms with van der Waals surface area (Å²) in [6.07, 6.45) is 10.2. The second-order valence-corrected chi connectivity index (χ2v) is 7.11. The molecule has 2 aromatic rings. The molecule has 27 heavy (non-hydrogen) atoms. The van der Waals surface area contributed by atoms with Gasteiger partial charge in [-0.15, -0.1) is 0 Å². The van der Waals surface area contributed by atoms with Gasteiger partial charge in [-0.3, -0.25) is 4.79 Å². The number of aldehydes is 1. The Labute approximate surface area is 161 Å². The highest BCUT2D eigenvalue weighted by Crippen LogP contribution is 2.24. The molecule has 0 saturated carbocycles. The van der Waals surface area contributed by atoms with E-state index in [2.05, 4.69) is 26.8 Å². The van der Waals surface area contributed by atoms with E-state index in [-0.39, 0.29) is 0 Å². The Morgan fingerprint density at radius 3 is 2.59 bits per heavy atom. The summed E-state index contributed by atoms with van der Waals surface area (Å²) in [5.74, 6) is 2.18. The smallest absolute Gasteiger partial charge is 0.225 e. The van der Waals surface area contributed by atoms with Crippen LogP contribution in [0.2, 0.25) is 0 Å². The van der Waals surface area contributed by atoms with E-state index < -0.39 is 0 Å². The molecule has 3 rings (SSSR count). The number of hydrogen-bond acceptors (Lipinski definition) is 6. The van der Waals surface area contributed by atoms with E-state index in [9.17, 15) is 4.79 Å². The lowest BCUT2D eigenvalue weighted by Crippen LogP contribution is -2.35. The molecule has 0 atom stereocenters. The van der Waals surface area contributed by atoms with Crippen molar-refractivity contribution >= 4 is 12.2 Å². The van der Waals surface area contributed by atoms with Crippen LogP contribution in [0.5, 0.6) is 5.88 Å². The van der Waals surface area contributed by atoms with Crippen molar-refractivity contribution in [1.29, 1.82) is 0 Å². The number of carbonyl (C=O) groups is 1. The standard InChI is InChI=1S/C21H28N4O2/c1-3-17-13-22-21(23-14-17)25-10-8-18(9-11-25)5-4-12-27-20-7-6-19(15-26)16(2)24-20/h6-7,13-15,18H,3-5,8-12H2,1-2H3. The SMILES string of the molecule is CCc1cnc(N2CCC(CCCOc3ccc(C=O)c(C)n3)CC2)nc1. The quantitative estimate of drug-likeness (QED) is 0.523. The Hall–Kier alpha value is -2.50. The van der Waals surface area contributed by atoms with Crippen molar-refractivity contribution in [2.45, 2.75) is 46.0 Å². The first-order valence-electron chi connectivity index (χ1n) is 9.81. The van der Waals surface area contributed by atoms with Crippen LogP contribution in [-0.2, 0) is 6.42 Å². The Bertz CT molecular complexity index is 740. The molecule has 0 aromatic carbocycles.